The molecule has 5 rings (SSSR count). The fraction of sp³-hybridized carbons (Fsp3) is 0.333. The number of aryl methyl sites for hydroxylation is 2. The molecule has 35 heavy (non-hydrogen) atoms. The minimum atomic E-state index is -0.847. The van der Waals surface area contributed by atoms with Gasteiger partial charge in [-0.2, -0.15) is 0 Å². The molecule has 1 aromatic carbocycles. The Morgan fingerprint density at radius 2 is 2.00 bits per heavy atom. The fourth-order valence-corrected chi connectivity index (χ4v) is 5.04. The van der Waals surface area contributed by atoms with Gasteiger partial charge in [0.05, 0.1) is 29.7 Å². The van der Waals surface area contributed by atoms with Gasteiger partial charge in [-0.3, -0.25) is 4.79 Å². The first-order valence-electron chi connectivity index (χ1n) is 11.2. The Morgan fingerprint density at radius 1 is 1.23 bits per heavy atom. The summed E-state index contributed by atoms with van der Waals surface area (Å²) in [5.41, 5.74) is 2.03. The van der Waals surface area contributed by atoms with Crippen LogP contribution in [0.2, 0.25) is 0 Å². The zero-order valence-corrected chi connectivity index (χ0v) is 20.3. The fourth-order valence-electron chi connectivity index (χ4n) is 4.31. The number of hydrogen-bond acceptors (Lipinski definition) is 7. The molecule has 0 saturated carbocycles. The number of nitrogens with zero attached hydrogens (tertiary/aromatic N) is 5. The molecule has 1 amide bonds. The molecule has 3 aromatic heterocycles. The molecule has 8 nitrogen and oxygen atoms in total. The number of anilines is 1. The van der Waals surface area contributed by atoms with Crippen LogP contribution < -0.4 is 10.2 Å². The van der Waals surface area contributed by atoms with Crippen LogP contribution in [0.4, 0.5) is 13.9 Å². The van der Waals surface area contributed by atoms with Crippen LogP contribution in [0.25, 0.3) is 16.9 Å². The maximum Gasteiger partial charge on any atom is 0.251 e. The Labute approximate surface area is 204 Å². The highest BCUT2D eigenvalue weighted by atomic mass is 32.1. The Balaban J connectivity index is 1.55. The third kappa shape index (κ3) is 4.48. The molecule has 182 valence electrons. The smallest absolute Gasteiger partial charge is 0.251 e. The molecule has 0 bridgehead atoms. The molecule has 1 fully saturated rings. The van der Waals surface area contributed by atoms with Crippen LogP contribution >= 0.6 is 11.3 Å². The van der Waals surface area contributed by atoms with Crippen LogP contribution in [-0.4, -0.2) is 58.3 Å². The van der Waals surface area contributed by atoms with E-state index >= 15 is 8.78 Å². The van der Waals surface area contributed by atoms with Crippen molar-refractivity contribution in [3.63, 3.8) is 0 Å². The van der Waals surface area contributed by atoms with E-state index < -0.39 is 17.5 Å². The molecule has 11 heteroatoms. The van der Waals surface area contributed by atoms with Crippen molar-refractivity contribution in [1.82, 2.24) is 24.9 Å². The van der Waals surface area contributed by atoms with Crippen LogP contribution in [0, 0.1) is 25.5 Å². The van der Waals surface area contributed by atoms with Gasteiger partial charge < -0.3 is 19.4 Å². The van der Waals surface area contributed by atoms with E-state index in [0.717, 1.165) is 27.8 Å². The summed E-state index contributed by atoms with van der Waals surface area (Å²) in [4.78, 5) is 18.6. The predicted molar refractivity (Wildman–Crippen MR) is 129 cm³/mol. The summed E-state index contributed by atoms with van der Waals surface area (Å²) in [6.45, 7) is 5.59. The number of carbonyl (C=O) groups excluding carboxylic acids is 1. The van der Waals surface area contributed by atoms with Crippen molar-refractivity contribution >= 4 is 28.0 Å². The normalized spacial score (nSPS) is 16.1. The molecule has 4 aromatic rings. The average Bonchev–Trinajstić information content (AvgIpc) is 3.41. The molecule has 1 N–H and O–H groups in total. The largest absolute Gasteiger partial charge is 0.374 e. The Morgan fingerprint density at radius 3 is 2.69 bits per heavy atom. The first kappa shape index (κ1) is 23.3. The SMILES string of the molecule is CNC(=O)c1cc(F)c(-c2nc3cc(C)ccn3c2C[C@H]2CN(c3nnc(C)s3)CCO2)c(F)c1. The van der Waals surface area contributed by atoms with Gasteiger partial charge in [-0.05, 0) is 43.7 Å². The zero-order valence-electron chi connectivity index (χ0n) is 19.5. The van der Waals surface area contributed by atoms with Crippen LogP contribution in [0.5, 0.6) is 0 Å². The van der Waals surface area contributed by atoms with E-state index in [1.165, 1.54) is 18.4 Å². The summed E-state index contributed by atoms with van der Waals surface area (Å²) in [7, 11) is 1.41. The minimum Gasteiger partial charge on any atom is -0.374 e. The van der Waals surface area contributed by atoms with E-state index in [4.69, 9.17) is 4.74 Å². The van der Waals surface area contributed by atoms with Crippen molar-refractivity contribution in [2.45, 2.75) is 26.4 Å². The number of rotatable bonds is 5. The molecule has 1 saturated heterocycles. The number of pyridine rings is 1. The van der Waals surface area contributed by atoms with Gasteiger partial charge in [0.15, 0.2) is 0 Å². The van der Waals surface area contributed by atoms with Crippen molar-refractivity contribution in [2.75, 3.05) is 31.6 Å². The lowest BCUT2D eigenvalue weighted by atomic mass is 10.0. The molecule has 0 spiro atoms. The molecule has 0 radical (unpaired) electrons. The second kappa shape index (κ2) is 9.31. The number of carbonyl (C=O) groups is 1. The van der Waals surface area contributed by atoms with Crippen molar-refractivity contribution < 1.29 is 18.3 Å². The van der Waals surface area contributed by atoms with Crippen molar-refractivity contribution in [3.05, 3.63) is 63.9 Å². The molecule has 1 atom stereocenters. The molecule has 4 heterocycles. The lowest BCUT2D eigenvalue weighted by molar-refractivity contribution is 0.0404. The number of benzene rings is 1. The van der Waals surface area contributed by atoms with Gasteiger partial charge in [0.1, 0.15) is 22.3 Å². The van der Waals surface area contributed by atoms with Crippen LogP contribution in [0.1, 0.15) is 26.6 Å². The van der Waals surface area contributed by atoms with E-state index in [1.54, 1.807) is 0 Å². The molecular weight excluding hydrogens is 474 g/mol. The number of amides is 1. The second-order valence-electron chi connectivity index (χ2n) is 8.48. The number of halogens is 2. The summed E-state index contributed by atoms with van der Waals surface area (Å²) < 4.78 is 38.3. The van der Waals surface area contributed by atoms with Crippen molar-refractivity contribution in [1.29, 1.82) is 0 Å². The number of ether oxygens (including phenoxy) is 1. The maximum absolute atomic E-state index is 15.2. The highest BCUT2D eigenvalue weighted by Crippen LogP contribution is 2.32. The topological polar surface area (TPSA) is 84.7 Å². The zero-order chi connectivity index (χ0) is 24.7. The first-order chi connectivity index (χ1) is 16.8. The average molecular weight is 499 g/mol. The Bertz CT molecular complexity index is 1400. The van der Waals surface area contributed by atoms with Gasteiger partial charge in [0.2, 0.25) is 5.13 Å². The summed E-state index contributed by atoms with van der Waals surface area (Å²) in [6.07, 6.45) is 1.98. The van der Waals surface area contributed by atoms with Gasteiger partial charge in [0, 0.05) is 38.3 Å². The Kier molecular flexibility index (Phi) is 6.20. The van der Waals surface area contributed by atoms with Crippen molar-refractivity contribution in [3.8, 4) is 11.3 Å². The molecular formula is C24H24F2N6O2S. The highest BCUT2D eigenvalue weighted by molar-refractivity contribution is 7.15. The monoisotopic (exact) mass is 498 g/mol. The summed E-state index contributed by atoms with van der Waals surface area (Å²) >= 11 is 1.52. The predicted octanol–water partition coefficient (Wildman–Crippen LogP) is 3.56. The van der Waals surface area contributed by atoms with Crippen LogP contribution in [-0.2, 0) is 11.2 Å². The summed E-state index contributed by atoms with van der Waals surface area (Å²) in [6, 6.07) is 5.85. The quantitative estimate of drug-likeness (QED) is 0.453. The maximum atomic E-state index is 15.2. The third-order valence-corrected chi connectivity index (χ3v) is 6.89. The minimum absolute atomic E-state index is 0.0917. The first-order valence-corrected chi connectivity index (χ1v) is 12.0. The number of imidazole rings is 1. The van der Waals surface area contributed by atoms with Gasteiger partial charge in [0.25, 0.3) is 5.91 Å². The van der Waals surface area contributed by atoms with Crippen LogP contribution in [0.3, 0.4) is 0 Å². The third-order valence-electron chi connectivity index (χ3n) is 5.99. The van der Waals surface area contributed by atoms with E-state index in [2.05, 4.69) is 25.4 Å². The molecule has 1 aliphatic rings. The van der Waals surface area contributed by atoms with Gasteiger partial charge in [-0.25, -0.2) is 13.8 Å². The summed E-state index contributed by atoms with van der Waals surface area (Å²) in [5, 5.41) is 12.4. The van der Waals surface area contributed by atoms with Gasteiger partial charge in [-0.1, -0.05) is 11.3 Å². The van der Waals surface area contributed by atoms with Gasteiger partial charge in [-0.15, -0.1) is 10.2 Å². The standard InChI is InChI=1S/C24H24F2N6O2S/c1-13-4-5-32-19(11-16-12-31(6-7-34-16)24-30-29-14(2)35-24)22(28-20(32)8-13)21-17(25)9-15(10-18(21)26)23(33)27-3/h4-5,8-10,16H,6-7,11-12H2,1-3H3,(H,27,33)/t16-/m0/s1. The van der Waals surface area contributed by atoms with E-state index in [-0.39, 0.29) is 22.9 Å². The molecule has 1 aliphatic heterocycles. The lowest BCUT2D eigenvalue weighted by Crippen LogP contribution is -2.43. The molecule has 0 unspecified atom stereocenters. The number of nitrogens with one attached hydrogen (secondary N) is 1. The second-order valence-corrected chi connectivity index (χ2v) is 9.64. The van der Waals surface area contributed by atoms with E-state index in [1.807, 2.05) is 36.6 Å². The van der Waals surface area contributed by atoms with Gasteiger partial charge >= 0.3 is 0 Å². The number of fused-ring (bicyclic) bond motifs is 1. The molecule has 0 aliphatic carbocycles. The van der Waals surface area contributed by atoms with Crippen LogP contribution in [0.15, 0.2) is 30.5 Å². The Hall–Kier alpha value is -3.44. The van der Waals surface area contributed by atoms with E-state index in [9.17, 15) is 4.79 Å². The number of morpholine rings is 1. The number of hydrogen-bond donors (Lipinski definition) is 1. The summed E-state index contributed by atoms with van der Waals surface area (Å²) in [5.74, 6) is -2.26. The number of aromatic nitrogens is 4. The lowest BCUT2D eigenvalue weighted by Gasteiger charge is -2.32. The van der Waals surface area contributed by atoms with E-state index in [0.29, 0.717) is 37.5 Å². The highest BCUT2D eigenvalue weighted by Gasteiger charge is 2.28. The van der Waals surface area contributed by atoms with Crippen molar-refractivity contribution in [2.24, 2.45) is 0 Å².